The van der Waals surface area contributed by atoms with E-state index in [-0.39, 0.29) is 0 Å². The van der Waals surface area contributed by atoms with Gasteiger partial charge in [-0.2, -0.15) is 0 Å². The number of amides is 1. The van der Waals surface area contributed by atoms with Gasteiger partial charge < -0.3 is 5.32 Å². The largest absolute Gasteiger partial charge is 0.311 e. The van der Waals surface area contributed by atoms with Crippen molar-refractivity contribution in [1.29, 1.82) is 0 Å². The molecular formula is C27H45N5O2. The smallest absolute Gasteiger partial charge is 0.275 e. The summed E-state index contributed by atoms with van der Waals surface area (Å²) in [5.41, 5.74) is 5.69. The van der Waals surface area contributed by atoms with Gasteiger partial charge in [0.05, 0.1) is 18.0 Å². The van der Waals surface area contributed by atoms with E-state index in [9.17, 15) is 4.79 Å². The van der Waals surface area contributed by atoms with Gasteiger partial charge in [-0.1, -0.05) is 51.1 Å². The van der Waals surface area contributed by atoms with Crippen LogP contribution in [-0.2, 0) is 11.2 Å². The standard InChI is InChI=1S/C23H35N5O2.C2H6.C2H4/c1-4-19-8-6-7-9-21(19)22(24-3)16-25-14-18-10-12-28(13-11-18)17-26-15-20(5-2)23(29)27-30;2*1-2/h5-9,15,18,25,30H,4,10-14,16-17H2,1-3H3,(H,27,29);1-2H3;1-2H2/b20-5+,24-22?,26-15-;;. The molecule has 1 saturated heterocycles. The first kappa shape index (κ1) is 31.4. The van der Waals surface area contributed by atoms with Crippen LogP contribution < -0.4 is 10.8 Å². The van der Waals surface area contributed by atoms with Crippen LogP contribution in [0, 0.1) is 5.92 Å². The Kier molecular flexibility index (Phi) is 18.3. The summed E-state index contributed by atoms with van der Waals surface area (Å²) in [6.45, 7) is 18.3. The number of rotatable bonds is 10. The molecule has 34 heavy (non-hydrogen) atoms. The van der Waals surface area contributed by atoms with Crippen molar-refractivity contribution in [3.8, 4) is 0 Å². The molecule has 1 heterocycles. The van der Waals surface area contributed by atoms with Gasteiger partial charge >= 0.3 is 0 Å². The van der Waals surface area contributed by atoms with Crippen LogP contribution in [0.25, 0.3) is 0 Å². The summed E-state index contributed by atoms with van der Waals surface area (Å²) in [5, 5.41) is 12.3. The highest BCUT2D eigenvalue weighted by molar-refractivity contribution is 6.11. The number of nitrogens with zero attached hydrogens (tertiary/aromatic N) is 3. The van der Waals surface area contributed by atoms with Crippen molar-refractivity contribution in [3.63, 3.8) is 0 Å². The predicted molar refractivity (Wildman–Crippen MR) is 145 cm³/mol. The second kappa shape index (κ2) is 19.8. The third-order valence-corrected chi connectivity index (χ3v) is 5.60. The summed E-state index contributed by atoms with van der Waals surface area (Å²) >= 11 is 0. The second-order valence-corrected chi connectivity index (χ2v) is 7.51. The van der Waals surface area contributed by atoms with Gasteiger partial charge in [0.25, 0.3) is 5.91 Å². The molecule has 0 radical (unpaired) electrons. The highest BCUT2D eigenvalue weighted by Crippen LogP contribution is 2.16. The molecule has 0 unspecified atom stereocenters. The molecule has 1 aromatic rings. The fourth-order valence-corrected chi connectivity index (χ4v) is 3.71. The lowest BCUT2D eigenvalue weighted by Gasteiger charge is -2.31. The Balaban J connectivity index is 0.00000258. The van der Waals surface area contributed by atoms with Crippen LogP contribution in [0.15, 0.2) is 59.1 Å². The number of hydroxylamine groups is 1. The number of hydrogen-bond donors (Lipinski definition) is 3. The molecule has 1 fully saturated rings. The SMILES string of the molecule is C/C=C(\C=N/CN1CCC(CNCC(=NC)c2ccccc2CC)CC1)C(=O)NO.C=C.CC. The van der Waals surface area contributed by atoms with Gasteiger partial charge in [-0.3, -0.25) is 24.9 Å². The van der Waals surface area contributed by atoms with E-state index in [0.29, 0.717) is 18.2 Å². The highest BCUT2D eigenvalue weighted by Gasteiger charge is 2.19. The molecule has 1 aliphatic heterocycles. The van der Waals surface area contributed by atoms with Crippen LogP contribution in [0.4, 0.5) is 0 Å². The number of hydrogen-bond acceptors (Lipinski definition) is 6. The molecule has 0 aliphatic carbocycles. The van der Waals surface area contributed by atoms with E-state index < -0.39 is 5.91 Å². The number of aliphatic imine (C=N–C) groups is 2. The van der Waals surface area contributed by atoms with Gasteiger partial charge in [0.1, 0.15) is 0 Å². The number of carbonyl (C=O) groups excluding carboxylic acids is 1. The number of piperidine rings is 1. The van der Waals surface area contributed by atoms with Crippen LogP contribution in [0.2, 0.25) is 0 Å². The van der Waals surface area contributed by atoms with Crippen LogP contribution in [0.5, 0.6) is 0 Å². The van der Waals surface area contributed by atoms with Gasteiger partial charge in [-0.05, 0) is 49.8 Å². The molecule has 7 nitrogen and oxygen atoms in total. The molecule has 1 aliphatic rings. The van der Waals surface area contributed by atoms with Crippen molar-refractivity contribution in [1.82, 2.24) is 15.7 Å². The second-order valence-electron chi connectivity index (χ2n) is 7.51. The number of nitrogens with one attached hydrogen (secondary N) is 2. The number of benzene rings is 1. The molecule has 0 bridgehead atoms. The normalized spacial score (nSPS) is 15.2. The maximum absolute atomic E-state index is 11.4. The van der Waals surface area contributed by atoms with E-state index in [1.165, 1.54) is 17.3 Å². The van der Waals surface area contributed by atoms with E-state index in [1.807, 2.05) is 20.9 Å². The molecular weight excluding hydrogens is 426 g/mol. The monoisotopic (exact) mass is 471 g/mol. The summed E-state index contributed by atoms with van der Waals surface area (Å²) in [5.74, 6) is 0.110. The first-order valence-electron chi connectivity index (χ1n) is 12.2. The number of carbonyl (C=O) groups is 1. The maximum atomic E-state index is 11.4. The van der Waals surface area contributed by atoms with Gasteiger partial charge in [0.15, 0.2) is 0 Å². The Morgan fingerprint density at radius 1 is 1.24 bits per heavy atom. The van der Waals surface area contributed by atoms with Crippen molar-refractivity contribution in [2.75, 3.05) is 39.9 Å². The maximum Gasteiger partial charge on any atom is 0.275 e. The molecule has 7 heteroatoms. The lowest BCUT2D eigenvalue weighted by Crippen LogP contribution is -2.38. The van der Waals surface area contributed by atoms with Gasteiger partial charge in [0.2, 0.25) is 0 Å². The summed E-state index contributed by atoms with van der Waals surface area (Å²) in [4.78, 5) is 22.6. The Morgan fingerprint density at radius 2 is 1.88 bits per heavy atom. The fraction of sp³-hybridized carbons (Fsp3) is 0.519. The average Bonchev–Trinajstić information content (AvgIpc) is 2.91. The zero-order valence-electron chi connectivity index (χ0n) is 21.8. The van der Waals surface area contributed by atoms with Gasteiger partial charge in [-0.25, -0.2) is 5.48 Å². The lowest BCUT2D eigenvalue weighted by atomic mass is 9.96. The summed E-state index contributed by atoms with van der Waals surface area (Å²) in [7, 11) is 1.87. The minimum absolute atomic E-state index is 0.356. The molecule has 0 saturated carbocycles. The Labute approximate surface area is 206 Å². The van der Waals surface area contributed by atoms with Crippen molar-refractivity contribution in [2.45, 2.75) is 47.0 Å². The first-order valence-corrected chi connectivity index (χ1v) is 12.2. The van der Waals surface area contributed by atoms with E-state index in [4.69, 9.17) is 5.21 Å². The van der Waals surface area contributed by atoms with Gasteiger partial charge in [-0.15, -0.1) is 13.2 Å². The van der Waals surface area contributed by atoms with Gasteiger partial charge in [0, 0.05) is 32.9 Å². The quantitative estimate of drug-likeness (QED) is 0.156. The molecule has 0 atom stereocenters. The molecule has 190 valence electrons. The zero-order valence-corrected chi connectivity index (χ0v) is 21.8. The van der Waals surface area contributed by atoms with Crippen molar-refractivity contribution in [2.24, 2.45) is 15.9 Å². The molecule has 0 aromatic heterocycles. The summed E-state index contributed by atoms with van der Waals surface area (Å²) in [6.07, 6.45) is 6.40. The van der Waals surface area contributed by atoms with E-state index in [1.54, 1.807) is 18.5 Å². The Bertz CT molecular complexity index is 781. The highest BCUT2D eigenvalue weighted by atomic mass is 16.5. The molecule has 1 amide bonds. The van der Waals surface area contributed by atoms with Crippen LogP contribution >= 0.6 is 0 Å². The van der Waals surface area contributed by atoms with Crippen molar-refractivity contribution < 1.29 is 10.0 Å². The first-order chi connectivity index (χ1) is 16.6. The average molecular weight is 472 g/mol. The van der Waals surface area contributed by atoms with Crippen LogP contribution in [-0.4, -0.2) is 67.8 Å². The fourth-order valence-electron chi connectivity index (χ4n) is 3.71. The minimum Gasteiger partial charge on any atom is -0.311 e. The van der Waals surface area contributed by atoms with E-state index in [0.717, 1.165) is 51.2 Å². The Morgan fingerprint density at radius 3 is 2.44 bits per heavy atom. The van der Waals surface area contributed by atoms with Crippen LogP contribution in [0.3, 0.4) is 0 Å². The number of allylic oxidation sites excluding steroid dienone is 1. The summed E-state index contributed by atoms with van der Waals surface area (Å²) in [6, 6.07) is 8.49. The van der Waals surface area contributed by atoms with Crippen molar-refractivity contribution >= 4 is 17.8 Å². The zero-order chi connectivity index (χ0) is 25.8. The van der Waals surface area contributed by atoms with Crippen LogP contribution in [0.1, 0.15) is 51.7 Å². The third kappa shape index (κ3) is 11.0. The van der Waals surface area contributed by atoms with E-state index in [2.05, 4.69) is 64.5 Å². The topological polar surface area (TPSA) is 89.3 Å². The molecule has 0 spiro atoms. The minimum atomic E-state index is -0.539. The van der Waals surface area contributed by atoms with Crippen molar-refractivity contribution in [3.05, 3.63) is 60.2 Å². The number of likely N-dealkylation sites (tertiary alicyclic amines) is 1. The Hall–Kier alpha value is -2.61. The third-order valence-electron chi connectivity index (χ3n) is 5.60. The molecule has 3 N–H and O–H groups in total. The lowest BCUT2D eigenvalue weighted by molar-refractivity contribution is -0.124. The molecule has 2 rings (SSSR count). The van der Waals surface area contributed by atoms with E-state index >= 15 is 0 Å². The predicted octanol–water partition coefficient (Wildman–Crippen LogP) is 4.28. The molecule has 1 aromatic carbocycles. The number of aryl methyl sites for hydroxylation is 1. The summed E-state index contributed by atoms with van der Waals surface area (Å²) < 4.78 is 0.